The van der Waals surface area contributed by atoms with Crippen molar-refractivity contribution in [2.75, 3.05) is 12.3 Å². The zero-order chi connectivity index (χ0) is 24.8. The van der Waals surface area contributed by atoms with Crippen LogP contribution in [0.3, 0.4) is 0 Å². The third kappa shape index (κ3) is 5.94. The van der Waals surface area contributed by atoms with Crippen molar-refractivity contribution in [3.63, 3.8) is 0 Å². The number of carbonyl (C=O) groups excluding carboxylic acids is 3. The molecule has 0 saturated heterocycles. The van der Waals surface area contributed by atoms with Gasteiger partial charge in [-0.25, -0.2) is 0 Å². The van der Waals surface area contributed by atoms with E-state index in [1.165, 1.54) is 0 Å². The standard InChI is InChI=1S/C25H35N5O3S/c1-15(2)13-14-28-24(32)21(17-11-9-16(3)10-12-17)30(18-7-5-4-6-8-18)25(33)22-19(26)20(23(27)31)29-34-22/h9-12,15,18,21H,4-8,13-14,26H2,1-3H3,(H2,27,31)(H,28,32). The molecule has 5 N–H and O–H groups in total. The first-order valence-electron chi connectivity index (χ1n) is 11.9. The van der Waals surface area contributed by atoms with Gasteiger partial charge in [0.1, 0.15) is 10.9 Å². The summed E-state index contributed by atoms with van der Waals surface area (Å²) in [5.41, 5.74) is 13.2. The summed E-state index contributed by atoms with van der Waals surface area (Å²) in [6.45, 7) is 6.71. The molecular weight excluding hydrogens is 450 g/mol. The second kappa shape index (κ2) is 11.5. The van der Waals surface area contributed by atoms with Gasteiger partial charge in [0, 0.05) is 12.6 Å². The molecule has 0 bridgehead atoms. The summed E-state index contributed by atoms with van der Waals surface area (Å²) >= 11 is 0.855. The van der Waals surface area contributed by atoms with Crippen LogP contribution in [0.15, 0.2) is 24.3 Å². The molecule has 8 nitrogen and oxygen atoms in total. The Morgan fingerprint density at radius 1 is 1.15 bits per heavy atom. The summed E-state index contributed by atoms with van der Waals surface area (Å²) in [4.78, 5) is 41.1. The molecule has 0 spiro atoms. The van der Waals surface area contributed by atoms with Crippen LogP contribution in [0.2, 0.25) is 0 Å². The summed E-state index contributed by atoms with van der Waals surface area (Å²) in [5, 5.41) is 3.04. The minimum absolute atomic E-state index is 0.0221. The number of nitrogens with zero attached hydrogens (tertiary/aromatic N) is 2. The number of anilines is 1. The topological polar surface area (TPSA) is 131 Å². The van der Waals surface area contributed by atoms with E-state index in [0.717, 1.165) is 61.2 Å². The Morgan fingerprint density at radius 3 is 2.35 bits per heavy atom. The fourth-order valence-electron chi connectivity index (χ4n) is 4.37. The van der Waals surface area contributed by atoms with Crippen LogP contribution in [0.4, 0.5) is 5.69 Å². The number of rotatable bonds is 9. The molecular formula is C25H35N5O3S. The molecule has 2 aromatic rings. The average molecular weight is 486 g/mol. The first-order valence-corrected chi connectivity index (χ1v) is 12.7. The lowest BCUT2D eigenvalue weighted by atomic mass is 9.91. The second-order valence-corrected chi connectivity index (χ2v) is 10.2. The van der Waals surface area contributed by atoms with Crippen molar-refractivity contribution < 1.29 is 14.4 Å². The molecule has 1 atom stereocenters. The Balaban J connectivity index is 2.05. The number of hydrogen-bond acceptors (Lipinski definition) is 6. The summed E-state index contributed by atoms with van der Waals surface area (Å²) < 4.78 is 4.02. The highest BCUT2D eigenvalue weighted by atomic mass is 32.1. The number of aromatic nitrogens is 1. The van der Waals surface area contributed by atoms with Gasteiger partial charge < -0.3 is 21.7 Å². The van der Waals surface area contributed by atoms with E-state index in [1.807, 2.05) is 31.2 Å². The molecule has 1 unspecified atom stereocenters. The van der Waals surface area contributed by atoms with Gasteiger partial charge in [0.2, 0.25) is 5.91 Å². The molecule has 1 aliphatic rings. The molecule has 9 heteroatoms. The first-order chi connectivity index (χ1) is 16.2. The number of benzene rings is 1. The van der Waals surface area contributed by atoms with Crippen LogP contribution in [0, 0.1) is 12.8 Å². The maximum Gasteiger partial charge on any atom is 0.270 e. The van der Waals surface area contributed by atoms with Crippen molar-refractivity contribution in [3.05, 3.63) is 46.0 Å². The maximum atomic E-state index is 14.0. The van der Waals surface area contributed by atoms with E-state index in [-0.39, 0.29) is 34.1 Å². The lowest BCUT2D eigenvalue weighted by Gasteiger charge is -2.39. The minimum atomic E-state index is -0.818. The smallest absolute Gasteiger partial charge is 0.270 e. The van der Waals surface area contributed by atoms with E-state index in [2.05, 4.69) is 23.5 Å². The van der Waals surface area contributed by atoms with Gasteiger partial charge in [-0.05, 0) is 49.2 Å². The molecule has 1 aromatic heterocycles. The third-order valence-corrected chi connectivity index (χ3v) is 7.15. The number of amides is 3. The molecule has 1 fully saturated rings. The van der Waals surface area contributed by atoms with Gasteiger partial charge in [0.25, 0.3) is 11.8 Å². The SMILES string of the molecule is Cc1ccc(C(C(=O)NCCC(C)C)N(C(=O)c2snc(C(N)=O)c2N)C2CCCCC2)cc1. The van der Waals surface area contributed by atoms with Crippen molar-refractivity contribution in [1.29, 1.82) is 0 Å². The van der Waals surface area contributed by atoms with Crippen LogP contribution in [0.1, 0.15) is 89.7 Å². The van der Waals surface area contributed by atoms with Gasteiger partial charge in [-0.3, -0.25) is 14.4 Å². The van der Waals surface area contributed by atoms with Gasteiger partial charge in [-0.15, -0.1) is 0 Å². The van der Waals surface area contributed by atoms with Gasteiger partial charge in [-0.1, -0.05) is 62.9 Å². The average Bonchev–Trinajstić information content (AvgIpc) is 3.19. The highest BCUT2D eigenvalue weighted by molar-refractivity contribution is 7.09. The fraction of sp³-hybridized carbons (Fsp3) is 0.520. The first kappa shape index (κ1) is 25.7. The number of nitrogens with two attached hydrogens (primary N) is 2. The lowest BCUT2D eigenvalue weighted by Crippen LogP contribution is -2.49. The number of carbonyl (C=O) groups is 3. The molecule has 3 amide bonds. The molecule has 1 aromatic carbocycles. The highest BCUT2D eigenvalue weighted by Crippen LogP contribution is 2.35. The Bertz CT molecular complexity index is 1010. The molecule has 0 aliphatic heterocycles. The van der Waals surface area contributed by atoms with Crippen LogP contribution in [0.5, 0.6) is 0 Å². The zero-order valence-corrected chi connectivity index (χ0v) is 21.0. The highest BCUT2D eigenvalue weighted by Gasteiger charge is 2.39. The summed E-state index contributed by atoms with van der Waals surface area (Å²) in [5.74, 6) is -0.947. The van der Waals surface area contributed by atoms with Crippen molar-refractivity contribution in [2.24, 2.45) is 11.7 Å². The summed E-state index contributed by atoms with van der Waals surface area (Å²) in [6, 6.07) is 6.74. The summed E-state index contributed by atoms with van der Waals surface area (Å²) in [6.07, 6.45) is 5.50. The Hall–Kier alpha value is -2.94. The second-order valence-electron chi connectivity index (χ2n) is 9.43. The molecule has 1 aliphatic carbocycles. The van der Waals surface area contributed by atoms with Gasteiger partial charge >= 0.3 is 0 Å². The number of hydrogen-bond donors (Lipinski definition) is 3. The molecule has 184 valence electrons. The van der Waals surface area contributed by atoms with Gasteiger partial charge in [0.15, 0.2) is 5.69 Å². The lowest BCUT2D eigenvalue weighted by molar-refractivity contribution is -0.127. The van der Waals surface area contributed by atoms with E-state index >= 15 is 0 Å². The van der Waals surface area contributed by atoms with Crippen LogP contribution in [-0.2, 0) is 4.79 Å². The third-order valence-electron chi connectivity index (χ3n) is 6.30. The van der Waals surface area contributed by atoms with Crippen molar-refractivity contribution in [3.8, 4) is 0 Å². The number of nitrogen functional groups attached to an aromatic ring is 1. The number of nitrogens with one attached hydrogen (secondary N) is 1. The van der Waals surface area contributed by atoms with Crippen molar-refractivity contribution >= 4 is 34.9 Å². The van der Waals surface area contributed by atoms with Crippen LogP contribution in [-0.4, -0.2) is 39.6 Å². The van der Waals surface area contributed by atoms with Crippen molar-refractivity contribution in [1.82, 2.24) is 14.6 Å². The molecule has 1 saturated carbocycles. The van der Waals surface area contributed by atoms with Crippen LogP contribution in [0.25, 0.3) is 0 Å². The summed E-state index contributed by atoms with van der Waals surface area (Å²) in [7, 11) is 0. The van der Waals surface area contributed by atoms with Crippen LogP contribution >= 0.6 is 11.5 Å². The Kier molecular flexibility index (Phi) is 8.66. The van der Waals surface area contributed by atoms with Crippen LogP contribution < -0.4 is 16.8 Å². The van der Waals surface area contributed by atoms with E-state index in [1.54, 1.807) is 4.90 Å². The quantitative estimate of drug-likeness (QED) is 0.497. The zero-order valence-electron chi connectivity index (χ0n) is 20.2. The van der Waals surface area contributed by atoms with E-state index in [0.29, 0.717) is 12.5 Å². The predicted molar refractivity (Wildman–Crippen MR) is 134 cm³/mol. The molecule has 34 heavy (non-hydrogen) atoms. The van der Waals surface area contributed by atoms with E-state index < -0.39 is 11.9 Å². The van der Waals surface area contributed by atoms with E-state index in [9.17, 15) is 14.4 Å². The monoisotopic (exact) mass is 485 g/mol. The fourth-order valence-corrected chi connectivity index (χ4v) is 5.12. The van der Waals surface area contributed by atoms with E-state index in [4.69, 9.17) is 11.5 Å². The largest absolute Gasteiger partial charge is 0.395 e. The maximum absolute atomic E-state index is 14.0. The molecule has 1 heterocycles. The number of primary amides is 1. The van der Waals surface area contributed by atoms with Gasteiger partial charge in [-0.2, -0.15) is 4.37 Å². The Labute approximate surface area is 205 Å². The predicted octanol–water partition coefficient (Wildman–Crippen LogP) is 3.81. The van der Waals surface area contributed by atoms with Gasteiger partial charge in [0.05, 0.1) is 5.69 Å². The minimum Gasteiger partial charge on any atom is -0.395 e. The number of aryl methyl sites for hydroxylation is 1. The Morgan fingerprint density at radius 2 is 1.79 bits per heavy atom. The normalized spacial score (nSPS) is 15.2. The van der Waals surface area contributed by atoms with Crippen molar-refractivity contribution in [2.45, 2.75) is 71.4 Å². The molecule has 0 radical (unpaired) electrons. The molecule has 3 rings (SSSR count).